The fourth-order valence-electron chi connectivity index (χ4n) is 0.837. The number of halogens is 1. The molecule has 0 unspecified atom stereocenters. The topological polar surface area (TPSA) is 70.1 Å². The minimum Gasteiger partial charge on any atom is -0.464 e. The molecular weight excluding hydrogens is 226 g/mol. The maximum Gasteiger partial charge on any atom is 0.357 e. The number of rotatable bonds is 1. The number of aromatic nitrogens is 2. The Morgan fingerprint density at radius 3 is 2.67 bits per heavy atom. The Labute approximate surface area is 77.6 Å². The highest BCUT2D eigenvalue weighted by Gasteiger charge is 2.18. The van der Waals surface area contributed by atoms with Gasteiger partial charge in [-0.15, -0.1) is 0 Å². The summed E-state index contributed by atoms with van der Waals surface area (Å²) in [7, 11) is 2.92. The van der Waals surface area contributed by atoms with E-state index in [-0.39, 0.29) is 5.82 Å². The van der Waals surface area contributed by atoms with Crippen LogP contribution >= 0.6 is 15.9 Å². The molecular formula is C6H8BrN3O2. The van der Waals surface area contributed by atoms with Gasteiger partial charge >= 0.3 is 5.97 Å². The van der Waals surface area contributed by atoms with E-state index in [9.17, 15) is 4.79 Å². The second-order valence-corrected chi connectivity index (χ2v) is 2.96. The first kappa shape index (κ1) is 9.05. The van der Waals surface area contributed by atoms with Crippen LogP contribution in [0.15, 0.2) is 4.47 Å². The van der Waals surface area contributed by atoms with E-state index in [1.165, 1.54) is 11.8 Å². The zero-order chi connectivity index (χ0) is 9.30. The highest BCUT2D eigenvalue weighted by atomic mass is 79.9. The number of carbonyl (C=O) groups is 1. The first-order chi connectivity index (χ1) is 5.57. The van der Waals surface area contributed by atoms with Crippen LogP contribution in [-0.4, -0.2) is 22.9 Å². The summed E-state index contributed by atoms with van der Waals surface area (Å²) in [4.78, 5) is 11.1. The van der Waals surface area contributed by atoms with Crippen molar-refractivity contribution >= 4 is 27.7 Å². The van der Waals surface area contributed by atoms with E-state index in [1.807, 2.05) is 0 Å². The van der Waals surface area contributed by atoms with Gasteiger partial charge in [-0.3, -0.25) is 4.68 Å². The van der Waals surface area contributed by atoms with Crippen molar-refractivity contribution in [3.05, 3.63) is 10.2 Å². The molecule has 1 heterocycles. The van der Waals surface area contributed by atoms with Crippen LogP contribution in [0.2, 0.25) is 0 Å². The third kappa shape index (κ3) is 1.29. The standard InChI is InChI=1S/C6H8BrN3O2/c1-10-4(6(11)12-2)3(7)5(8)9-10/h1-2H3,(H2,8,9). The molecule has 12 heavy (non-hydrogen) atoms. The maximum atomic E-state index is 11.1. The number of ether oxygens (including phenoxy) is 1. The van der Waals surface area contributed by atoms with Gasteiger partial charge in [0.25, 0.3) is 0 Å². The van der Waals surface area contributed by atoms with Gasteiger partial charge in [0, 0.05) is 7.05 Å². The van der Waals surface area contributed by atoms with Crippen molar-refractivity contribution in [1.29, 1.82) is 0 Å². The molecule has 66 valence electrons. The molecule has 0 spiro atoms. The van der Waals surface area contributed by atoms with E-state index in [2.05, 4.69) is 25.8 Å². The van der Waals surface area contributed by atoms with E-state index in [0.717, 1.165) is 0 Å². The summed E-state index contributed by atoms with van der Waals surface area (Å²) in [5.41, 5.74) is 5.76. The number of hydrogen-bond donors (Lipinski definition) is 1. The van der Waals surface area contributed by atoms with E-state index in [0.29, 0.717) is 10.2 Å². The van der Waals surface area contributed by atoms with Gasteiger partial charge in [0.05, 0.1) is 11.6 Å². The largest absolute Gasteiger partial charge is 0.464 e. The quantitative estimate of drug-likeness (QED) is 0.720. The molecule has 0 aliphatic rings. The lowest BCUT2D eigenvalue weighted by molar-refractivity contribution is 0.0587. The average molecular weight is 234 g/mol. The molecule has 5 nitrogen and oxygen atoms in total. The van der Waals surface area contributed by atoms with Crippen molar-refractivity contribution in [1.82, 2.24) is 9.78 Å². The third-order valence-electron chi connectivity index (χ3n) is 1.39. The van der Waals surface area contributed by atoms with Gasteiger partial charge in [0.15, 0.2) is 11.5 Å². The fraction of sp³-hybridized carbons (Fsp3) is 0.333. The summed E-state index contributed by atoms with van der Waals surface area (Å²) in [5.74, 6) is -0.188. The number of nitrogens with two attached hydrogens (primary N) is 1. The second-order valence-electron chi connectivity index (χ2n) is 2.16. The maximum absolute atomic E-state index is 11.1. The molecule has 0 atom stereocenters. The van der Waals surface area contributed by atoms with Gasteiger partial charge in [0.2, 0.25) is 0 Å². The number of nitrogen functional groups attached to an aromatic ring is 1. The number of aryl methyl sites for hydroxylation is 1. The Hall–Kier alpha value is -1.04. The van der Waals surface area contributed by atoms with Crippen molar-refractivity contribution in [3.63, 3.8) is 0 Å². The predicted molar refractivity (Wildman–Crippen MR) is 46.7 cm³/mol. The number of carbonyl (C=O) groups excluding carboxylic acids is 1. The van der Waals surface area contributed by atoms with Gasteiger partial charge < -0.3 is 10.5 Å². The Bertz CT molecular complexity index is 321. The fourth-order valence-corrected chi connectivity index (χ4v) is 1.34. The van der Waals surface area contributed by atoms with Gasteiger partial charge in [0.1, 0.15) is 0 Å². The first-order valence-electron chi connectivity index (χ1n) is 3.14. The van der Waals surface area contributed by atoms with Crippen LogP contribution in [0.25, 0.3) is 0 Å². The SMILES string of the molecule is COC(=O)c1c(Br)c(N)nn1C. The number of nitrogens with zero attached hydrogens (tertiary/aromatic N) is 2. The van der Waals surface area contributed by atoms with Crippen molar-refractivity contribution in [2.75, 3.05) is 12.8 Å². The summed E-state index contributed by atoms with van der Waals surface area (Å²) in [5, 5.41) is 3.83. The second kappa shape index (κ2) is 3.14. The minimum absolute atomic E-state index is 0.276. The summed E-state index contributed by atoms with van der Waals surface area (Å²) in [6.07, 6.45) is 0. The van der Waals surface area contributed by atoms with Gasteiger partial charge in [-0.05, 0) is 15.9 Å². The summed E-state index contributed by atoms with van der Waals surface area (Å²) >= 11 is 3.13. The van der Waals surface area contributed by atoms with Crippen molar-refractivity contribution in [2.45, 2.75) is 0 Å². The van der Waals surface area contributed by atoms with E-state index >= 15 is 0 Å². The molecule has 0 bridgehead atoms. The number of anilines is 1. The summed E-state index contributed by atoms with van der Waals surface area (Å²) in [6, 6.07) is 0. The van der Waals surface area contributed by atoms with Crippen LogP contribution in [0.1, 0.15) is 10.5 Å². The Balaban J connectivity index is 3.22. The molecule has 0 fully saturated rings. The van der Waals surface area contributed by atoms with Crippen molar-refractivity contribution < 1.29 is 9.53 Å². The van der Waals surface area contributed by atoms with E-state index in [4.69, 9.17) is 5.73 Å². The molecule has 0 amide bonds. The number of methoxy groups -OCH3 is 1. The molecule has 1 rings (SSSR count). The molecule has 0 aliphatic carbocycles. The third-order valence-corrected chi connectivity index (χ3v) is 2.17. The molecule has 1 aromatic rings. The van der Waals surface area contributed by atoms with Crippen LogP contribution in [0.3, 0.4) is 0 Å². The van der Waals surface area contributed by atoms with Crippen LogP contribution in [0.4, 0.5) is 5.82 Å². The smallest absolute Gasteiger partial charge is 0.357 e. The molecule has 0 saturated carbocycles. The molecule has 0 aliphatic heterocycles. The number of hydrogen-bond acceptors (Lipinski definition) is 4. The molecule has 6 heteroatoms. The average Bonchev–Trinajstić information content (AvgIpc) is 2.26. The molecule has 0 saturated heterocycles. The van der Waals surface area contributed by atoms with E-state index < -0.39 is 5.97 Å². The Morgan fingerprint density at radius 1 is 1.75 bits per heavy atom. The van der Waals surface area contributed by atoms with Crippen LogP contribution in [0, 0.1) is 0 Å². The Morgan fingerprint density at radius 2 is 2.33 bits per heavy atom. The lowest BCUT2D eigenvalue weighted by Gasteiger charge is -1.98. The minimum atomic E-state index is -0.464. The van der Waals surface area contributed by atoms with Crippen LogP contribution < -0.4 is 5.73 Å². The van der Waals surface area contributed by atoms with Gasteiger partial charge in [-0.1, -0.05) is 0 Å². The van der Waals surface area contributed by atoms with Crippen LogP contribution in [0.5, 0.6) is 0 Å². The zero-order valence-electron chi connectivity index (χ0n) is 6.67. The summed E-state index contributed by atoms with van der Waals surface area (Å²) < 4.78 is 6.36. The molecule has 0 radical (unpaired) electrons. The predicted octanol–water partition coefficient (Wildman–Crippen LogP) is 0.551. The highest BCUT2D eigenvalue weighted by molar-refractivity contribution is 9.10. The molecule has 2 N–H and O–H groups in total. The normalized spacial score (nSPS) is 9.92. The van der Waals surface area contributed by atoms with Crippen molar-refractivity contribution in [3.8, 4) is 0 Å². The molecule has 1 aromatic heterocycles. The summed E-state index contributed by atoms with van der Waals surface area (Å²) in [6.45, 7) is 0. The van der Waals surface area contributed by atoms with Crippen molar-refractivity contribution in [2.24, 2.45) is 7.05 Å². The zero-order valence-corrected chi connectivity index (χ0v) is 8.25. The van der Waals surface area contributed by atoms with Gasteiger partial charge in [-0.25, -0.2) is 4.79 Å². The number of esters is 1. The monoisotopic (exact) mass is 233 g/mol. The van der Waals surface area contributed by atoms with E-state index in [1.54, 1.807) is 7.05 Å². The lowest BCUT2D eigenvalue weighted by atomic mass is 10.4. The molecule has 0 aromatic carbocycles. The lowest BCUT2D eigenvalue weighted by Crippen LogP contribution is -2.08. The first-order valence-corrected chi connectivity index (χ1v) is 3.93. The highest BCUT2D eigenvalue weighted by Crippen LogP contribution is 2.22. The van der Waals surface area contributed by atoms with Gasteiger partial charge in [-0.2, -0.15) is 5.10 Å². The Kier molecular flexibility index (Phi) is 2.37. The van der Waals surface area contributed by atoms with Crippen LogP contribution in [-0.2, 0) is 11.8 Å².